The van der Waals surface area contributed by atoms with Crippen LogP contribution in [0.4, 0.5) is 0 Å². The number of para-hydroxylation sites is 2. The number of carbonyl (C=O) groups is 1. The Bertz CT molecular complexity index is 586. The molecule has 0 atom stereocenters. The molecule has 0 spiro atoms. The Morgan fingerprint density at radius 2 is 2.10 bits per heavy atom. The van der Waals surface area contributed by atoms with Crippen LogP contribution in [0.1, 0.15) is 45.5 Å². The summed E-state index contributed by atoms with van der Waals surface area (Å²) < 4.78 is 2.25. The zero-order valence-corrected chi connectivity index (χ0v) is 12.5. The Morgan fingerprint density at radius 3 is 2.80 bits per heavy atom. The van der Waals surface area contributed by atoms with E-state index in [0.29, 0.717) is 19.0 Å². The average molecular weight is 273 g/mol. The molecule has 0 aliphatic heterocycles. The number of aromatic nitrogens is 2. The number of nitrogens with zero attached hydrogens (tertiary/aromatic N) is 2. The molecule has 1 aromatic heterocycles. The number of hydrogen-bond acceptors (Lipinski definition) is 2. The van der Waals surface area contributed by atoms with Crippen LogP contribution in [-0.2, 0) is 11.2 Å². The molecule has 108 valence electrons. The van der Waals surface area contributed by atoms with Crippen molar-refractivity contribution >= 4 is 16.9 Å². The Morgan fingerprint density at radius 1 is 1.35 bits per heavy atom. The van der Waals surface area contributed by atoms with Gasteiger partial charge >= 0.3 is 0 Å². The summed E-state index contributed by atoms with van der Waals surface area (Å²) in [4.78, 5) is 16.2. The van der Waals surface area contributed by atoms with E-state index >= 15 is 0 Å². The summed E-state index contributed by atoms with van der Waals surface area (Å²) in [6, 6.07) is 8.54. The number of hydrogen-bond donors (Lipinski definition) is 1. The first-order chi connectivity index (χ1) is 9.63. The maximum Gasteiger partial charge on any atom is 0.219 e. The lowest BCUT2D eigenvalue weighted by molar-refractivity contribution is -0.121. The summed E-state index contributed by atoms with van der Waals surface area (Å²) in [5, 5.41) is 2.95. The van der Waals surface area contributed by atoms with Crippen molar-refractivity contribution in [1.29, 1.82) is 0 Å². The first-order valence-electron chi connectivity index (χ1n) is 7.36. The molecular formula is C16H23N3O. The van der Waals surface area contributed by atoms with Crippen molar-refractivity contribution in [3.8, 4) is 0 Å². The lowest BCUT2D eigenvalue weighted by Crippen LogP contribution is -2.26. The molecule has 0 bridgehead atoms. The van der Waals surface area contributed by atoms with E-state index in [9.17, 15) is 4.79 Å². The maximum atomic E-state index is 11.5. The number of rotatable bonds is 6. The molecule has 2 aromatic rings. The van der Waals surface area contributed by atoms with E-state index < -0.39 is 0 Å². The summed E-state index contributed by atoms with van der Waals surface area (Å²) in [6.45, 7) is 6.98. The second kappa shape index (κ2) is 6.55. The summed E-state index contributed by atoms with van der Waals surface area (Å²) in [6.07, 6.45) is 2.25. The van der Waals surface area contributed by atoms with Crippen LogP contribution in [0.15, 0.2) is 24.3 Å². The van der Waals surface area contributed by atoms with Crippen LogP contribution in [0.5, 0.6) is 0 Å². The van der Waals surface area contributed by atoms with E-state index in [0.717, 1.165) is 29.7 Å². The first kappa shape index (κ1) is 14.6. The molecular weight excluding hydrogens is 250 g/mol. The van der Waals surface area contributed by atoms with Crippen LogP contribution in [-0.4, -0.2) is 22.0 Å². The van der Waals surface area contributed by atoms with Crippen molar-refractivity contribution in [3.63, 3.8) is 0 Å². The normalized spacial score (nSPS) is 11.2. The molecule has 1 heterocycles. The average Bonchev–Trinajstić information content (AvgIpc) is 2.77. The van der Waals surface area contributed by atoms with Crippen LogP contribution >= 0.6 is 0 Å². The molecule has 1 amide bonds. The molecule has 0 fully saturated rings. The molecule has 1 aromatic carbocycles. The van der Waals surface area contributed by atoms with Gasteiger partial charge in [0.1, 0.15) is 5.82 Å². The van der Waals surface area contributed by atoms with E-state index in [4.69, 9.17) is 0 Å². The highest BCUT2D eigenvalue weighted by Crippen LogP contribution is 2.20. The number of carbonyl (C=O) groups excluding carboxylic acids is 1. The van der Waals surface area contributed by atoms with Gasteiger partial charge in [-0.15, -0.1) is 0 Å². The maximum absolute atomic E-state index is 11.5. The van der Waals surface area contributed by atoms with Crippen molar-refractivity contribution in [2.45, 2.75) is 46.1 Å². The highest BCUT2D eigenvalue weighted by molar-refractivity contribution is 5.76. The third kappa shape index (κ3) is 3.18. The quantitative estimate of drug-likeness (QED) is 0.879. The number of nitrogens with one attached hydrogen (secondary N) is 1. The molecule has 0 aliphatic carbocycles. The van der Waals surface area contributed by atoms with Crippen LogP contribution in [0.2, 0.25) is 0 Å². The van der Waals surface area contributed by atoms with Gasteiger partial charge in [-0.05, 0) is 32.4 Å². The Hall–Kier alpha value is -1.84. The Kier molecular flexibility index (Phi) is 4.77. The van der Waals surface area contributed by atoms with Crippen molar-refractivity contribution in [2.24, 2.45) is 0 Å². The molecule has 0 saturated heterocycles. The topological polar surface area (TPSA) is 46.9 Å². The zero-order chi connectivity index (χ0) is 14.5. The predicted molar refractivity (Wildman–Crippen MR) is 81.7 cm³/mol. The van der Waals surface area contributed by atoms with Gasteiger partial charge in [0.25, 0.3) is 0 Å². The predicted octanol–water partition coefficient (Wildman–Crippen LogP) is 3.08. The van der Waals surface area contributed by atoms with E-state index in [1.54, 1.807) is 0 Å². The number of fused-ring (bicyclic) bond motifs is 1. The van der Waals surface area contributed by atoms with Gasteiger partial charge in [0.15, 0.2) is 0 Å². The second-order valence-electron chi connectivity index (χ2n) is 5.33. The van der Waals surface area contributed by atoms with Gasteiger partial charge in [-0.1, -0.05) is 19.1 Å². The van der Waals surface area contributed by atoms with Gasteiger partial charge in [-0.25, -0.2) is 4.98 Å². The molecule has 0 unspecified atom stereocenters. The van der Waals surface area contributed by atoms with Gasteiger partial charge < -0.3 is 9.88 Å². The zero-order valence-electron chi connectivity index (χ0n) is 12.5. The van der Waals surface area contributed by atoms with Crippen LogP contribution in [0.25, 0.3) is 11.0 Å². The van der Waals surface area contributed by atoms with Gasteiger partial charge in [-0.2, -0.15) is 0 Å². The van der Waals surface area contributed by atoms with Gasteiger partial charge in [0, 0.05) is 25.4 Å². The first-order valence-corrected chi connectivity index (χ1v) is 7.36. The Balaban J connectivity index is 2.13. The minimum Gasteiger partial charge on any atom is -0.356 e. The van der Waals surface area contributed by atoms with E-state index in [2.05, 4.69) is 34.8 Å². The van der Waals surface area contributed by atoms with Crippen molar-refractivity contribution in [2.75, 3.05) is 6.54 Å². The minimum absolute atomic E-state index is 0.125. The van der Waals surface area contributed by atoms with Gasteiger partial charge in [-0.3, -0.25) is 4.79 Å². The van der Waals surface area contributed by atoms with Crippen molar-refractivity contribution in [1.82, 2.24) is 14.9 Å². The SMILES string of the molecule is CCCC(=O)NCCc1nc2ccccc2n1C(C)C. The van der Waals surface area contributed by atoms with Gasteiger partial charge in [0.2, 0.25) is 5.91 Å². The van der Waals surface area contributed by atoms with Crippen LogP contribution in [0, 0.1) is 0 Å². The monoisotopic (exact) mass is 273 g/mol. The van der Waals surface area contributed by atoms with Crippen LogP contribution < -0.4 is 5.32 Å². The molecule has 4 nitrogen and oxygen atoms in total. The molecule has 2 rings (SSSR count). The number of imidazole rings is 1. The Labute approximate surface area is 120 Å². The summed E-state index contributed by atoms with van der Waals surface area (Å²) in [7, 11) is 0. The third-order valence-corrected chi connectivity index (χ3v) is 3.33. The van der Waals surface area contributed by atoms with E-state index in [1.165, 1.54) is 0 Å². The molecule has 20 heavy (non-hydrogen) atoms. The van der Waals surface area contributed by atoms with Crippen molar-refractivity contribution < 1.29 is 4.79 Å². The van der Waals surface area contributed by atoms with Crippen molar-refractivity contribution in [3.05, 3.63) is 30.1 Å². The summed E-state index contributed by atoms with van der Waals surface area (Å²) in [5.74, 6) is 1.16. The minimum atomic E-state index is 0.125. The summed E-state index contributed by atoms with van der Waals surface area (Å²) in [5.41, 5.74) is 2.19. The van der Waals surface area contributed by atoms with Gasteiger partial charge in [0.05, 0.1) is 11.0 Å². The van der Waals surface area contributed by atoms with E-state index in [1.807, 2.05) is 25.1 Å². The fourth-order valence-corrected chi connectivity index (χ4v) is 2.48. The molecule has 0 saturated carbocycles. The molecule has 1 N–H and O–H groups in total. The smallest absolute Gasteiger partial charge is 0.219 e. The second-order valence-corrected chi connectivity index (χ2v) is 5.33. The molecule has 0 aliphatic rings. The molecule has 0 radical (unpaired) electrons. The van der Waals surface area contributed by atoms with E-state index in [-0.39, 0.29) is 5.91 Å². The number of benzene rings is 1. The standard InChI is InChI=1S/C16H23N3O/c1-4-7-16(20)17-11-10-15-18-13-8-5-6-9-14(13)19(15)12(2)3/h5-6,8-9,12H,4,7,10-11H2,1-3H3,(H,17,20). The molecule has 4 heteroatoms. The lowest BCUT2D eigenvalue weighted by atomic mass is 10.3. The lowest BCUT2D eigenvalue weighted by Gasteiger charge is -2.13. The largest absolute Gasteiger partial charge is 0.356 e. The fraction of sp³-hybridized carbons (Fsp3) is 0.500. The summed E-state index contributed by atoms with van der Waals surface area (Å²) >= 11 is 0. The highest BCUT2D eigenvalue weighted by atomic mass is 16.1. The van der Waals surface area contributed by atoms with Crippen LogP contribution in [0.3, 0.4) is 0 Å². The fourth-order valence-electron chi connectivity index (χ4n) is 2.48. The highest BCUT2D eigenvalue weighted by Gasteiger charge is 2.12. The number of amides is 1. The third-order valence-electron chi connectivity index (χ3n) is 3.33.